The molecule has 1 aromatic carbocycles. The van der Waals surface area contributed by atoms with E-state index in [1.807, 2.05) is 25.1 Å². The third kappa shape index (κ3) is 3.09. The fraction of sp³-hybridized carbons (Fsp3) is 0.250. The molecule has 0 amide bonds. The normalized spacial score (nSPS) is 10.4. The molecule has 0 radical (unpaired) electrons. The van der Waals surface area contributed by atoms with Gasteiger partial charge in [-0.05, 0) is 42.2 Å². The van der Waals surface area contributed by atoms with Crippen LogP contribution in [0.2, 0.25) is 5.02 Å². The van der Waals surface area contributed by atoms with E-state index in [1.54, 1.807) is 18.2 Å². The van der Waals surface area contributed by atoms with E-state index in [4.69, 9.17) is 21.6 Å². The molecular weight excluding hydrogens is 272 g/mol. The largest absolute Gasteiger partial charge is 0.439 e. The highest BCUT2D eigenvalue weighted by atomic mass is 35.5. The molecule has 4 heteroatoms. The van der Waals surface area contributed by atoms with Crippen LogP contribution in [0.4, 0.5) is 0 Å². The zero-order chi connectivity index (χ0) is 14.7. The Morgan fingerprint density at radius 3 is 2.70 bits per heavy atom. The zero-order valence-corrected chi connectivity index (χ0v) is 12.4. The molecular formula is C16H15ClN2O. The van der Waals surface area contributed by atoms with Crippen molar-refractivity contribution in [2.75, 3.05) is 0 Å². The number of ether oxygens (including phenoxy) is 1. The topological polar surface area (TPSA) is 45.9 Å². The zero-order valence-electron chi connectivity index (χ0n) is 11.6. The van der Waals surface area contributed by atoms with E-state index in [0.717, 1.165) is 16.1 Å². The van der Waals surface area contributed by atoms with Gasteiger partial charge in [0.05, 0.1) is 0 Å². The standard InChI is InChI=1S/C16H15ClN2O/c1-10(2)13-8-15(11(3)7-14(13)17)20-16-6-4-5-12(9-18)19-16/h4-8,10H,1-3H3. The molecule has 2 rings (SSSR count). The van der Waals surface area contributed by atoms with Crippen LogP contribution in [0.1, 0.15) is 36.6 Å². The van der Waals surface area contributed by atoms with Gasteiger partial charge in [0.25, 0.3) is 0 Å². The van der Waals surface area contributed by atoms with Gasteiger partial charge in [0.1, 0.15) is 17.5 Å². The fourth-order valence-electron chi connectivity index (χ4n) is 1.87. The maximum Gasteiger partial charge on any atom is 0.220 e. The molecule has 0 aliphatic carbocycles. The molecule has 102 valence electrons. The summed E-state index contributed by atoms with van der Waals surface area (Å²) in [7, 11) is 0. The lowest BCUT2D eigenvalue weighted by Crippen LogP contribution is -1.96. The van der Waals surface area contributed by atoms with Gasteiger partial charge in [0.15, 0.2) is 0 Å². The monoisotopic (exact) mass is 286 g/mol. The van der Waals surface area contributed by atoms with Crippen LogP contribution in [-0.4, -0.2) is 4.98 Å². The first kappa shape index (κ1) is 14.4. The summed E-state index contributed by atoms with van der Waals surface area (Å²) in [6.45, 7) is 6.09. The Kier molecular flexibility index (Phi) is 4.26. The third-order valence-corrected chi connectivity index (χ3v) is 3.30. The molecule has 1 heterocycles. The van der Waals surface area contributed by atoms with Crippen LogP contribution in [0.3, 0.4) is 0 Å². The fourth-order valence-corrected chi connectivity index (χ4v) is 2.30. The molecule has 0 spiro atoms. The van der Waals surface area contributed by atoms with E-state index in [-0.39, 0.29) is 0 Å². The lowest BCUT2D eigenvalue weighted by Gasteiger charge is -2.14. The number of rotatable bonds is 3. The molecule has 3 nitrogen and oxygen atoms in total. The predicted molar refractivity (Wildman–Crippen MR) is 79.3 cm³/mol. The molecule has 2 aromatic rings. The summed E-state index contributed by atoms with van der Waals surface area (Å²) >= 11 is 6.23. The molecule has 0 aliphatic rings. The SMILES string of the molecule is Cc1cc(Cl)c(C(C)C)cc1Oc1cccc(C#N)n1. The van der Waals surface area contributed by atoms with Gasteiger partial charge < -0.3 is 4.74 Å². The Morgan fingerprint density at radius 1 is 1.30 bits per heavy atom. The van der Waals surface area contributed by atoms with Crippen LogP contribution < -0.4 is 4.74 Å². The summed E-state index contributed by atoms with van der Waals surface area (Å²) in [6.07, 6.45) is 0. The van der Waals surface area contributed by atoms with Gasteiger partial charge >= 0.3 is 0 Å². The first-order chi connectivity index (χ1) is 9.51. The molecule has 20 heavy (non-hydrogen) atoms. The number of aryl methyl sites for hydroxylation is 1. The Hall–Kier alpha value is -2.05. The molecule has 0 fully saturated rings. The Balaban J connectivity index is 2.38. The number of benzene rings is 1. The minimum Gasteiger partial charge on any atom is -0.439 e. The lowest BCUT2D eigenvalue weighted by molar-refractivity contribution is 0.458. The number of pyridine rings is 1. The van der Waals surface area contributed by atoms with Crippen molar-refractivity contribution in [2.45, 2.75) is 26.7 Å². The van der Waals surface area contributed by atoms with Gasteiger partial charge in [-0.15, -0.1) is 0 Å². The first-order valence-corrected chi connectivity index (χ1v) is 6.74. The van der Waals surface area contributed by atoms with Crippen molar-refractivity contribution in [3.05, 3.63) is 52.2 Å². The second kappa shape index (κ2) is 5.94. The second-order valence-electron chi connectivity index (χ2n) is 4.87. The molecule has 1 aromatic heterocycles. The minimum absolute atomic E-state index is 0.309. The van der Waals surface area contributed by atoms with E-state index < -0.39 is 0 Å². The molecule has 0 saturated heterocycles. The van der Waals surface area contributed by atoms with Crippen molar-refractivity contribution in [1.29, 1.82) is 5.26 Å². The molecule has 0 atom stereocenters. The lowest BCUT2D eigenvalue weighted by atomic mass is 10.0. The van der Waals surface area contributed by atoms with Crippen molar-refractivity contribution in [2.24, 2.45) is 0 Å². The minimum atomic E-state index is 0.309. The summed E-state index contributed by atoms with van der Waals surface area (Å²) in [4.78, 5) is 4.11. The maximum atomic E-state index is 8.85. The van der Waals surface area contributed by atoms with E-state index in [1.165, 1.54) is 0 Å². The Bertz CT molecular complexity index is 675. The highest BCUT2D eigenvalue weighted by Crippen LogP contribution is 2.33. The van der Waals surface area contributed by atoms with Crippen molar-refractivity contribution in [3.8, 4) is 17.7 Å². The number of halogens is 1. The van der Waals surface area contributed by atoms with Crippen LogP contribution in [0.25, 0.3) is 0 Å². The van der Waals surface area contributed by atoms with Crippen molar-refractivity contribution in [3.63, 3.8) is 0 Å². The number of hydrogen-bond acceptors (Lipinski definition) is 3. The van der Waals surface area contributed by atoms with Gasteiger partial charge in [0, 0.05) is 11.1 Å². The second-order valence-corrected chi connectivity index (χ2v) is 5.28. The van der Waals surface area contributed by atoms with Crippen LogP contribution >= 0.6 is 11.6 Å². The van der Waals surface area contributed by atoms with E-state index in [0.29, 0.717) is 23.2 Å². The summed E-state index contributed by atoms with van der Waals surface area (Å²) in [6, 6.07) is 10.9. The van der Waals surface area contributed by atoms with Crippen LogP contribution in [0.15, 0.2) is 30.3 Å². The van der Waals surface area contributed by atoms with E-state index >= 15 is 0 Å². The van der Waals surface area contributed by atoms with Crippen molar-refractivity contribution in [1.82, 2.24) is 4.98 Å². The van der Waals surface area contributed by atoms with Gasteiger partial charge in [-0.25, -0.2) is 4.98 Å². The molecule has 0 bridgehead atoms. The quantitative estimate of drug-likeness (QED) is 0.812. The maximum absolute atomic E-state index is 8.85. The highest BCUT2D eigenvalue weighted by molar-refractivity contribution is 6.31. The summed E-state index contributed by atoms with van der Waals surface area (Å²) < 4.78 is 5.78. The molecule has 0 aliphatic heterocycles. The smallest absolute Gasteiger partial charge is 0.220 e. The van der Waals surface area contributed by atoms with Crippen molar-refractivity contribution >= 4 is 11.6 Å². The van der Waals surface area contributed by atoms with Gasteiger partial charge in [-0.2, -0.15) is 5.26 Å². The third-order valence-electron chi connectivity index (χ3n) is 2.97. The average molecular weight is 287 g/mol. The summed E-state index contributed by atoms with van der Waals surface area (Å²) in [5, 5.41) is 9.59. The number of nitriles is 1. The van der Waals surface area contributed by atoms with Crippen LogP contribution in [-0.2, 0) is 0 Å². The number of nitrogens with zero attached hydrogens (tertiary/aromatic N) is 2. The molecule has 0 saturated carbocycles. The van der Waals surface area contributed by atoms with Crippen LogP contribution in [0, 0.1) is 18.3 Å². The van der Waals surface area contributed by atoms with Gasteiger partial charge in [0.2, 0.25) is 5.88 Å². The summed E-state index contributed by atoms with van der Waals surface area (Å²) in [5.74, 6) is 1.42. The first-order valence-electron chi connectivity index (χ1n) is 6.36. The average Bonchev–Trinajstić information content (AvgIpc) is 2.41. The number of aromatic nitrogens is 1. The van der Waals surface area contributed by atoms with E-state index in [2.05, 4.69) is 18.8 Å². The van der Waals surface area contributed by atoms with Gasteiger partial charge in [-0.1, -0.05) is 31.5 Å². The van der Waals surface area contributed by atoms with Crippen molar-refractivity contribution < 1.29 is 4.74 Å². The Morgan fingerprint density at radius 2 is 2.05 bits per heavy atom. The Labute approximate surface area is 123 Å². The van der Waals surface area contributed by atoms with Gasteiger partial charge in [-0.3, -0.25) is 0 Å². The predicted octanol–water partition coefficient (Wildman–Crippen LogP) is 4.83. The van der Waals surface area contributed by atoms with Crippen LogP contribution in [0.5, 0.6) is 11.6 Å². The highest BCUT2D eigenvalue weighted by Gasteiger charge is 2.11. The van der Waals surface area contributed by atoms with E-state index in [9.17, 15) is 0 Å². The molecule has 0 N–H and O–H groups in total. The molecule has 0 unspecified atom stereocenters. The number of hydrogen-bond donors (Lipinski definition) is 0. The summed E-state index contributed by atoms with van der Waals surface area (Å²) in [5.41, 5.74) is 2.30.